The molecule has 30 heavy (non-hydrogen) atoms. The Morgan fingerprint density at radius 3 is 2.60 bits per heavy atom. The van der Waals surface area contributed by atoms with Gasteiger partial charge in [-0.1, -0.05) is 34.1 Å². The molecule has 0 aliphatic carbocycles. The lowest BCUT2D eigenvalue weighted by Crippen LogP contribution is -3.14. The number of halogens is 1. The fourth-order valence-corrected chi connectivity index (χ4v) is 4.21. The molecule has 7 nitrogen and oxygen atoms in total. The molecular weight excluding hydrogens is 450 g/mol. The molecule has 2 N–H and O–H groups in total. The summed E-state index contributed by atoms with van der Waals surface area (Å²) in [7, 11) is 0. The Labute approximate surface area is 183 Å². The summed E-state index contributed by atoms with van der Waals surface area (Å²) < 4.78 is 6.26. The SMILES string of the molecule is O=C1C(=O)N(CC[NH+]2CCOCC2)C(c2cccnc2)C1=C(O)c1ccc(Br)cc1. The van der Waals surface area contributed by atoms with E-state index in [-0.39, 0.29) is 11.3 Å². The Morgan fingerprint density at radius 2 is 1.93 bits per heavy atom. The first kappa shape index (κ1) is 20.7. The molecule has 4 rings (SSSR count). The van der Waals surface area contributed by atoms with E-state index in [4.69, 9.17) is 4.74 Å². The van der Waals surface area contributed by atoms with Crippen LogP contribution in [0.25, 0.3) is 5.76 Å². The van der Waals surface area contributed by atoms with E-state index in [1.54, 1.807) is 47.6 Å². The topological polar surface area (TPSA) is 84.2 Å². The van der Waals surface area contributed by atoms with E-state index in [9.17, 15) is 14.7 Å². The van der Waals surface area contributed by atoms with E-state index in [1.807, 2.05) is 6.07 Å². The third kappa shape index (κ3) is 4.16. The van der Waals surface area contributed by atoms with Crippen molar-refractivity contribution in [2.24, 2.45) is 0 Å². The summed E-state index contributed by atoms with van der Waals surface area (Å²) in [5.41, 5.74) is 1.29. The van der Waals surface area contributed by atoms with Gasteiger partial charge in [-0.15, -0.1) is 0 Å². The lowest BCUT2D eigenvalue weighted by atomic mass is 9.96. The molecule has 1 aromatic heterocycles. The maximum atomic E-state index is 13.0. The third-order valence-electron chi connectivity index (χ3n) is 5.56. The summed E-state index contributed by atoms with van der Waals surface area (Å²) in [5.74, 6) is -1.42. The monoisotopic (exact) mass is 472 g/mol. The number of aliphatic hydroxyl groups excluding tert-OH is 1. The van der Waals surface area contributed by atoms with Gasteiger partial charge in [-0.2, -0.15) is 0 Å². The first-order valence-corrected chi connectivity index (χ1v) is 10.7. The fourth-order valence-electron chi connectivity index (χ4n) is 3.95. The molecule has 3 heterocycles. The van der Waals surface area contributed by atoms with Gasteiger partial charge in [0.05, 0.1) is 37.9 Å². The smallest absolute Gasteiger partial charge is 0.295 e. The summed E-state index contributed by atoms with van der Waals surface area (Å²) in [4.78, 5) is 33.0. The minimum Gasteiger partial charge on any atom is -0.507 e. The summed E-state index contributed by atoms with van der Waals surface area (Å²) in [6.45, 7) is 4.27. The van der Waals surface area contributed by atoms with E-state index in [0.29, 0.717) is 37.4 Å². The summed E-state index contributed by atoms with van der Waals surface area (Å²) in [6.07, 6.45) is 3.28. The quantitative estimate of drug-likeness (QED) is 0.387. The molecule has 1 unspecified atom stereocenters. The molecule has 2 fully saturated rings. The van der Waals surface area contributed by atoms with Crippen LogP contribution in [0.5, 0.6) is 0 Å². The van der Waals surface area contributed by atoms with Gasteiger partial charge in [0.25, 0.3) is 11.7 Å². The molecule has 156 valence electrons. The number of aromatic nitrogens is 1. The van der Waals surface area contributed by atoms with Gasteiger partial charge in [-0.05, 0) is 23.8 Å². The van der Waals surface area contributed by atoms with Crippen molar-refractivity contribution in [1.82, 2.24) is 9.88 Å². The number of hydrogen-bond acceptors (Lipinski definition) is 5. The van der Waals surface area contributed by atoms with Gasteiger partial charge in [-0.3, -0.25) is 14.6 Å². The third-order valence-corrected chi connectivity index (χ3v) is 6.09. The van der Waals surface area contributed by atoms with Crippen molar-refractivity contribution in [3.05, 3.63) is 70.0 Å². The number of aliphatic hydroxyl groups is 1. The van der Waals surface area contributed by atoms with Crippen LogP contribution in [0.2, 0.25) is 0 Å². The number of carbonyl (C=O) groups is 2. The number of quaternary nitrogens is 1. The standard InChI is InChI=1S/C22H22BrN3O4/c23-17-5-3-15(4-6-17)20(27)18-19(16-2-1-7-24-14-16)26(22(29)21(18)28)9-8-25-10-12-30-13-11-25/h1-7,14,19,27H,8-13H2/p+1. The highest BCUT2D eigenvalue weighted by atomic mass is 79.9. The number of nitrogens with one attached hydrogen (secondary N) is 1. The number of rotatable bonds is 5. The zero-order valence-corrected chi connectivity index (χ0v) is 18.0. The summed E-state index contributed by atoms with van der Waals surface area (Å²) >= 11 is 3.37. The number of ketones is 1. The molecule has 2 saturated heterocycles. The second kappa shape index (κ2) is 9.07. The molecule has 2 aliphatic rings. The number of hydrogen-bond donors (Lipinski definition) is 2. The number of benzene rings is 1. The van der Waals surface area contributed by atoms with Crippen LogP contribution in [-0.2, 0) is 14.3 Å². The van der Waals surface area contributed by atoms with Crippen molar-refractivity contribution in [2.45, 2.75) is 6.04 Å². The predicted molar refractivity (Wildman–Crippen MR) is 114 cm³/mol. The average Bonchev–Trinajstić information content (AvgIpc) is 3.04. The number of Topliss-reactive ketones (excluding diaryl/α,β-unsaturated/α-hetero) is 1. The molecule has 0 spiro atoms. The number of carbonyl (C=O) groups excluding carboxylic acids is 2. The van der Waals surface area contributed by atoms with Gasteiger partial charge in [0.15, 0.2) is 0 Å². The van der Waals surface area contributed by atoms with Gasteiger partial charge in [0.2, 0.25) is 0 Å². The Morgan fingerprint density at radius 1 is 1.20 bits per heavy atom. The minimum atomic E-state index is -0.666. The molecule has 1 aromatic carbocycles. The van der Waals surface area contributed by atoms with Crippen molar-refractivity contribution in [3.8, 4) is 0 Å². The van der Waals surface area contributed by atoms with E-state index in [0.717, 1.165) is 17.6 Å². The highest BCUT2D eigenvalue weighted by Crippen LogP contribution is 2.38. The molecule has 0 saturated carbocycles. The molecule has 0 bridgehead atoms. The van der Waals surface area contributed by atoms with E-state index in [1.165, 1.54) is 4.90 Å². The van der Waals surface area contributed by atoms with Gasteiger partial charge < -0.3 is 19.6 Å². The normalized spacial score (nSPS) is 21.9. The molecule has 1 atom stereocenters. The van der Waals surface area contributed by atoms with Crippen LogP contribution < -0.4 is 4.90 Å². The summed E-state index contributed by atoms with van der Waals surface area (Å²) in [6, 6.07) is 9.92. The average molecular weight is 473 g/mol. The number of morpholine rings is 1. The van der Waals surface area contributed by atoms with Crippen LogP contribution in [-0.4, -0.2) is 66.1 Å². The fraction of sp³-hybridized carbons (Fsp3) is 0.318. The van der Waals surface area contributed by atoms with Crippen LogP contribution in [0.3, 0.4) is 0 Å². The molecule has 8 heteroatoms. The number of pyridine rings is 1. The maximum absolute atomic E-state index is 13.0. The minimum absolute atomic E-state index is 0.104. The number of likely N-dealkylation sites (tertiary alicyclic amines) is 1. The maximum Gasteiger partial charge on any atom is 0.295 e. The number of nitrogens with zero attached hydrogens (tertiary/aromatic N) is 2. The van der Waals surface area contributed by atoms with Crippen molar-refractivity contribution in [1.29, 1.82) is 0 Å². The highest BCUT2D eigenvalue weighted by Gasteiger charge is 2.46. The molecule has 2 aliphatic heterocycles. The van der Waals surface area contributed by atoms with E-state index >= 15 is 0 Å². The van der Waals surface area contributed by atoms with Crippen LogP contribution >= 0.6 is 15.9 Å². The highest BCUT2D eigenvalue weighted by molar-refractivity contribution is 9.10. The van der Waals surface area contributed by atoms with Crippen LogP contribution in [0.15, 0.2) is 58.8 Å². The number of amides is 1. The Balaban J connectivity index is 1.71. The van der Waals surface area contributed by atoms with Crippen molar-refractivity contribution < 1.29 is 24.3 Å². The van der Waals surface area contributed by atoms with E-state index in [2.05, 4.69) is 20.9 Å². The molecule has 2 aromatic rings. The Kier molecular flexibility index (Phi) is 6.26. The van der Waals surface area contributed by atoms with Gasteiger partial charge in [0, 0.05) is 22.4 Å². The van der Waals surface area contributed by atoms with Gasteiger partial charge in [0.1, 0.15) is 18.8 Å². The van der Waals surface area contributed by atoms with Gasteiger partial charge >= 0.3 is 0 Å². The lowest BCUT2D eigenvalue weighted by molar-refractivity contribution is -0.907. The first-order chi connectivity index (χ1) is 14.6. The van der Waals surface area contributed by atoms with E-state index < -0.39 is 17.7 Å². The molecule has 1 amide bonds. The second-order valence-corrected chi connectivity index (χ2v) is 8.31. The first-order valence-electron chi connectivity index (χ1n) is 9.92. The predicted octanol–water partition coefficient (Wildman–Crippen LogP) is 1.18. The molecular formula is C22H23BrN3O4+. The van der Waals surface area contributed by atoms with Crippen molar-refractivity contribution in [2.75, 3.05) is 39.4 Å². The van der Waals surface area contributed by atoms with Gasteiger partial charge in [-0.25, -0.2) is 0 Å². The van der Waals surface area contributed by atoms with Crippen LogP contribution in [0, 0.1) is 0 Å². The Hall–Kier alpha value is -2.55. The van der Waals surface area contributed by atoms with Crippen LogP contribution in [0.4, 0.5) is 0 Å². The molecule has 0 radical (unpaired) electrons. The Bertz CT molecular complexity index is 956. The van der Waals surface area contributed by atoms with Crippen LogP contribution in [0.1, 0.15) is 17.2 Å². The summed E-state index contributed by atoms with van der Waals surface area (Å²) in [5, 5.41) is 11.0. The van der Waals surface area contributed by atoms with Crippen molar-refractivity contribution in [3.63, 3.8) is 0 Å². The largest absolute Gasteiger partial charge is 0.507 e. The zero-order valence-electron chi connectivity index (χ0n) is 16.4. The van der Waals surface area contributed by atoms with Crippen molar-refractivity contribution >= 4 is 33.4 Å². The zero-order chi connectivity index (χ0) is 21.1. The number of ether oxygens (including phenoxy) is 1. The lowest BCUT2D eigenvalue weighted by Gasteiger charge is -2.29. The second-order valence-electron chi connectivity index (χ2n) is 7.40.